The third kappa shape index (κ3) is 3.20. The molecular formula is C22H20N4O2. The van der Waals surface area contributed by atoms with E-state index in [1.165, 1.54) is 6.33 Å². The average Bonchev–Trinajstić information content (AvgIpc) is 2.74. The van der Waals surface area contributed by atoms with Crippen LogP contribution in [0.25, 0.3) is 33.4 Å². The first-order valence-corrected chi connectivity index (χ1v) is 8.99. The molecule has 0 aliphatic carbocycles. The first-order valence-electron chi connectivity index (χ1n) is 8.99. The van der Waals surface area contributed by atoms with Crippen LogP contribution in [0.3, 0.4) is 0 Å². The molecule has 2 aromatic carbocycles. The summed E-state index contributed by atoms with van der Waals surface area (Å²) in [5.74, 6) is 1.96. The molecule has 0 atom stereocenters. The minimum atomic E-state index is 0.396. The van der Waals surface area contributed by atoms with Crippen molar-refractivity contribution >= 4 is 16.9 Å². The number of rotatable bonds is 5. The summed E-state index contributed by atoms with van der Waals surface area (Å²) >= 11 is 0. The Morgan fingerprint density at radius 1 is 0.964 bits per heavy atom. The number of hydrogen-bond acceptors (Lipinski definition) is 6. The Morgan fingerprint density at radius 3 is 2.50 bits per heavy atom. The lowest BCUT2D eigenvalue weighted by molar-refractivity contribution is 0.340. The lowest BCUT2D eigenvalue weighted by Gasteiger charge is -2.13. The number of anilines is 1. The third-order valence-electron chi connectivity index (χ3n) is 4.49. The van der Waals surface area contributed by atoms with Gasteiger partial charge in [0.25, 0.3) is 0 Å². The number of nitrogens with two attached hydrogens (primary N) is 1. The monoisotopic (exact) mass is 372 g/mol. The molecule has 0 unspecified atom stereocenters. The zero-order valence-corrected chi connectivity index (χ0v) is 15.7. The first kappa shape index (κ1) is 17.7. The van der Waals surface area contributed by atoms with Gasteiger partial charge in [0.2, 0.25) is 0 Å². The van der Waals surface area contributed by atoms with Gasteiger partial charge in [-0.3, -0.25) is 0 Å². The number of methoxy groups -OCH3 is 1. The van der Waals surface area contributed by atoms with Gasteiger partial charge in [0, 0.05) is 5.56 Å². The largest absolute Gasteiger partial charge is 0.496 e. The molecule has 0 radical (unpaired) electrons. The summed E-state index contributed by atoms with van der Waals surface area (Å²) in [5.41, 5.74) is 10.2. The molecule has 0 aliphatic rings. The molecule has 2 heterocycles. The van der Waals surface area contributed by atoms with Gasteiger partial charge >= 0.3 is 0 Å². The van der Waals surface area contributed by atoms with Crippen molar-refractivity contribution in [2.45, 2.75) is 6.92 Å². The second kappa shape index (κ2) is 7.52. The minimum absolute atomic E-state index is 0.396. The molecule has 4 aromatic rings. The number of ether oxygens (including phenoxy) is 2. The molecule has 2 aromatic heterocycles. The van der Waals surface area contributed by atoms with Gasteiger partial charge in [-0.15, -0.1) is 0 Å². The predicted molar refractivity (Wildman–Crippen MR) is 110 cm³/mol. The number of aromatic nitrogens is 3. The van der Waals surface area contributed by atoms with Crippen molar-refractivity contribution in [3.63, 3.8) is 0 Å². The van der Waals surface area contributed by atoms with Crippen LogP contribution in [0.4, 0.5) is 5.82 Å². The number of fused-ring (bicyclic) bond motifs is 1. The molecule has 0 saturated carbocycles. The normalized spacial score (nSPS) is 10.8. The van der Waals surface area contributed by atoms with E-state index in [1.807, 2.05) is 61.5 Å². The van der Waals surface area contributed by atoms with E-state index < -0.39 is 0 Å². The van der Waals surface area contributed by atoms with Gasteiger partial charge in [-0.25, -0.2) is 15.0 Å². The Morgan fingerprint density at radius 2 is 1.75 bits per heavy atom. The summed E-state index contributed by atoms with van der Waals surface area (Å²) < 4.78 is 11.1. The van der Waals surface area contributed by atoms with E-state index in [9.17, 15) is 0 Å². The molecule has 28 heavy (non-hydrogen) atoms. The predicted octanol–water partition coefficient (Wildman–Crippen LogP) is 4.35. The molecule has 0 spiro atoms. The van der Waals surface area contributed by atoms with Crippen LogP contribution in [0, 0.1) is 0 Å². The number of nitrogen functional groups attached to an aromatic ring is 1. The fourth-order valence-electron chi connectivity index (χ4n) is 3.21. The standard InChI is InChI=1S/C22H20N4O2/c1-3-28-15-10-8-14(9-11-15)17-12-18(16-6-4-5-7-19(16)27-2)26-22-20(17)21(23)24-13-25-22/h4-13H,3H2,1-2H3,(H2,23,24,25,26). The second-order valence-corrected chi connectivity index (χ2v) is 6.17. The summed E-state index contributed by atoms with van der Waals surface area (Å²) in [6.45, 7) is 2.58. The molecule has 0 amide bonds. The molecular weight excluding hydrogens is 352 g/mol. The Kier molecular flexibility index (Phi) is 4.76. The van der Waals surface area contributed by atoms with Crippen molar-refractivity contribution < 1.29 is 9.47 Å². The molecule has 4 rings (SSSR count). The van der Waals surface area contributed by atoms with Gasteiger partial charge in [-0.1, -0.05) is 24.3 Å². The highest BCUT2D eigenvalue weighted by Gasteiger charge is 2.15. The second-order valence-electron chi connectivity index (χ2n) is 6.17. The number of hydrogen-bond donors (Lipinski definition) is 1. The van der Waals surface area contributed by atoms with Crippen LogP contribution in [0.5, 0.6) is 11.5 Å². The Balaban J connectivity index is 1.96. The number of nitrogens with zero attached hydrogens (tertiary/aromatic N) is 3. The van der Waals surface area contributed by atoms with Gasteiger partial charge in [0.15, 0.2) is 5.65 Å². The third-order valence-corrected chi connectivity index (χ3v) is 4.49. The average molecular weight is 372 g/mol. The van der Waals surface area contributed by atoms with Crippen LogP contribution < -0.4 is 15.2 Å². The number of para-hydroxylation sites is 1. The zero-order chi connectivity index (χ0) is 19.5. The van der Waals surface area contributed by atoms with Crippen molar-refractivity contribution in [2.75, 3.05) is 19.5 Å². The van der Waals surface area contributed by atoms with Gasteiger partial charge in [-0.2, -0.15) is 0 Å². The SMILES string of the molecule is CCOc1ccc(-c2cc(-c3ccccc3OC)nc3ncnc(N)c23)cc1. The maximum atomic E-state index is 6.18. The zero-order valence-electron chi connectivity index (χ0n) is 15.7. The Bertz CT molecular complexity index is 1130. The molecule has 0 fully saturated rings. The fraction of sp³-hybridized carbons (Fsp3) is 0.136. The van der Waals surface area contributed by atoms with Crippen LogP contribution >= 0.6 is 0 Å². The van der Waals surface area contributed by atoms with E-state index in [2.05, 4.69) is 9.97 Å². The van der Waals surface area contributed by atoms with Crippen LogP contribution in [0.15, 0.2) is 60.9 Å². The molecule has 6 nitrogen and oxygen atoms in total. The van der Waals surface area contributed by atoms with E-state index in [-0.39, 0.29) is 0 Å². The number of benzene rings is 2. The highest BCUT2D eigenvalue weighted by Crippen LogP contribution is 2.36. The summed E-state index contributed by atoms with van der Waals surface area (Å²) in [7, 11) is 1.65. The molecule has 0 aliphatic heterocycles. The summed E-state index contributed by atoms with van der Waals surface area (Å²) in [4.78, 5) is 13.2. The molecule has 6 heteroatoms. The van der Waals surface area contributed by atoms with Crippen molar-refractivity contribution in [3.05, 3.63) is 60.9 Å². The van der Waals surface area contributed by atoms with E-state index in [1.54, 1.807) is 7.11 Å². The van der Waals surface area contributed by atoms with Crippen LogP contribution in [0.2, 0.25) is 0 Å². The smallest absolute Gasteiger partial charge is 0.165 e. The molecule has 2 N–H and O–H groups in total. The van der Waals surface area contributed by atoms with E-state index >= 15 is 0 Å². The van der Waals surface area contributed by atoms with Crippen molar-refractivity contribution in [1.82, 2.24) is 15.0 Å². The van der Waals surface area contributed by atoms with Crippen molar-refractivity contribution in [2.24, 2.45) is 0 Å². The lowest BCUT2D eigenvalue weighted by atomic mass is 9.99. The van der Waals surface area contributed by atoms with Crippen molar-refractivity contribution in [3.8, 4) is 33.9 Å². The molecule has 0 bridgehead atoms. The number of pyridine rings is 1. The Hall–Kier alpha value is -3.67. The molecule has 140 valence electrons. The fourth-order valence-corrected chi connectivity index (χ4v) is 3.21. The summed E-state index contributed by atoms with van der Waals surface area (Å²) in [6.07, 6.45) is 1.43. The van der Waals surface area contributed by atoms with Crippen molar-refractivity contribution in [1.29, 1.82) is 0 Å². The van der Waals surface area contributed by atoms with E-state index in [0.717, 1.165) is 39.3 Å². The van der Waals surface area contributed by atoms with Crippen LogP contribution in [0.1, 0.15) is 6.92 Å². The van der Waals surface area contributed by atoms with Crippen LogP contribution in [-0.2, 0) is 0 Å². The lowest BCUT2D eigenvalue weighted by Crippen LogP contribution is -1.99. The highest BCUT2D eigenvalue weighted by molar-refractivity contribution is 6.01. The van der Waals surface area contributed by atoms with Gasteiger partial charge < -0.3 is 15.2 Å². The van der Waals surface area contributed by atoms with Crippen LogP contribution in [-0.4, -0.2) is 28.7 Å². The summed E-state index contributed by atoms with van der Waals surface area (Å²) in [5, 5.41) is 0.727. The summed E-state index contributed by atoms with van der Waals surface area (Å²) in [6, 6.07) is 17.6. The minimum Gasteiger partial charge on any atom is -0.496 e. The van der Waals surface area contributed by atoms with Gasteiger partial charge in [0.1, 0.15) is 23.6 Å². The first-order chi connectivity index (χ1) is 13.7. The maximum Gasteiger partial charge on any atom is 0.165 e. The van der Waals surface area contributed by atoms with E-state index in [4.69, 9.17) is 20.2 Å². The van der Waals surface area contributed by atoms with Gasteiger partial charge in [0.05, 0.1) is 24.8 Å². The molecule has 0 saturated heterocycles. The maximum absolute atomic E-state index is 6.18. The van der Waals surface area contributed by atoms with E-state index in [0.29, 0.717) is 18.1 Å². The quantitative estimate of drug-likeness (QED) is 0.561. The Labute approximate surface area is 163 Å². The van der Waals surface area contributed by atoms with Gasteiger partial charge in [-0.05, 0) is 48.4 Å². The topological polar surface area (TPSA) is 83.2 Å². The highest BCUT2D eigenvalue weighted by atomic mass is 16.5.